The van der Waals surface area contributed by atoms with Gasteiger partial charge < -0.3 is 4.74 Å². The number of esters is 1. The summed E-state index contributed by atoms with van der Waals surface area (Å²) in [5.74, 6) is -0.295. The maximum absolute atomic E-state index is 12.5. The van der Waals surface area contributed by atoms with E-state index in [0.29, 0.717) is 18.6 Å². The summed E-state index contributed by atoms with van der Waals surface area (Å²) in [6.07, 6.45) is 2.54. The van der Waals surface area contributed by atoms with Crippen LogP contribution in [0.5, 0.6) is 0 Å². The molecule has 0 atom stereocenters. The lowest BCUT2D eigenvalue weighted by Gasteiger charge is -2.04. The molecule has 0 bridgehead atoms. The van der Waals surface area contributed by atoms with Gasteiger partial charge in [0.25, 0.3) is 5.91 Å². The smallest absolute Gasteiger partial charge is 0.306 e. The Kier molecular flexibility index (Phi) is 3.37. The largest absolute Gasteiger partial charge is 0.466 e. The molecule has 0 saturated heterocycles. The second kappa shape index (κ2) is 5.20. The molecule has 0 radical (unpaired) electrons. The van der Waals surface area contributed by atoms with E-state index in [2.05, 4.69) is 6.07 Å². The van der Waals surface area contributed by atoms with Crippen LogP contribution in [0.3, 0.4) is 0 Å². The summed E-state index contributed by atoms with van der Waals surface area (Å²) in [7, 11) is 0. The quantitative estimate of drug-likeness (QED) is 0.809. The van der Waals surface area contributed by atoms with Gasteiger partial charge in [-0.2, -0.15) is 0 Å². The van der Waals surface area contributed by atoms with Crippen molar-refractivity contribution in [2.24, 2.45) is 0 Å². The molecule has 1 aromatic heterocycles. The molecule has 0 fully saturated rings. The molecule has 3 rings (SSSR count). The molecule has 1 aliphatic rings. The van der Waals surface area contributed by atoms with E-state index < -0.39 is 0 Å². The van der Waals surface area contributed by atoms with Crippen LogP contribution < -0.4 is 0 Å². The Hall–Kier alpha value is -2.36. The summed E-state index contributed by atoms with van der Waals surface area (Å²) in [6, 6.07) is 8.05. The minimum Gasteiger partial charge on any atom is -0.466 e. The lowest BCUT2D eigenvalue weighted by atomic mass is 10.1. The fourth-order valence-corrected chi connectivity index (χ4v) is 2.72. The lowest BCUT2D eigenvalue weighted by molar-refractivity contribution is -0.143. The molecule has 2 heterocycles. The zero-order chi connectivity index (χ0) is 15.0. The van der Waals surface area contributed by atoms with Gasteiger partial charge in [0, 0.05) is 17.4 Å². The predicted octanol–water partition coefficient (Wildman–Crippen LogP) is 3.33. The molecule has 0 aliphatic carbocycles. The lowest BCUT2D eigenvalue weighted by Crippen LogP contribution is -2.11. The van der Waals surface area contributed by atoms with Gasteiger partial charge in [0.2, 0.25) is 0 Å². The Labute approximate surface area is 123 Å². The fourth-order valence-electron chi connectivity index (χ4n) is 2.72. The van der Waals surface area contributed by atoms with Gasteiger partial charge in [-0.1, -0.05) is 11.6 Å². The Balaban J connectivity index is 1.85. The van der Waals surface area contributed by atoms with Gasteiger partial charge in [0.05, 0.1) is 17.8 Å². The Morgan fingerprint density at radius 3 is 2.86 bits per heavy atom. The predicted molar refractivity (Wildman–Crippen MR) is 81.1 cm³/mol. The topological polar surface area (TPSA) is 48.3 Å². The summed E-state index contributed by atoms with van der Waals surface area (Å²) < 4.78 is 6.61. The number of benzene rings is 1. The van der Waals surface area contributed by atoms with Crippen molar-refractivity contribution >= 4 is 28.9 Å². The van der Waals surface area contributed by atoms with E-state index in [1.165, 1.54) is 5.56 Å². The highest BCUT2D eigenvalue weighted by molar-refractivity contribution is 6.10. The third kappa shape index (κ3) is 2.37. The Morgan fingerprint density at radius 2 is 2.10 bits per heavy atom. The molecule has 1 aliphatic heterocycles. The van der Waals surface area contributed by atoms with Gasteiger partial charge in [-0.15, -0.1) is 0 Å². The standard InChI is InChI=1S/C17H17NO3/c1-3-21-16(19)7-5-12-9-14-10-13-8-11(2)4-6-15(13)18(14)17(12)20/h4,6,8-10H,3,5,7H2,1-2H3. The molecule has 0 N–H and O–H groups in total. The van der Waals surface area contributed by atoms with Gasteiger partial charge in [-0.3, -0.25) is 14.2 Å². The van der Waals surface area contributed by atoms with Gasteiger partial charge in [-0.25, -0.2) is 0 Å². The van der Waals surface area contributed by atoms with E-state index in [1.54, 1.807) is 11.5 Å². The number of aryl methyl sites for hydroxylation is 1. The normalized spacial score (nSPS) is 13.4. The van der Waals surface area contributed by atoms with Gasteiger partial charge in [-0.05, 0) is 44.5 Å². The van der Waals surface area contributed by atoms with Crippen molar-refractivity contribution < 1.29 is 14.3 Å². The molecule has 1 aromatic carbocycles. The van der Waals surface area contributed by atoms with Crippen LogP contribution in [-0.4, -0.2) is 23.1 Å². The molecule has 4 heteroatoms. The number of rotatable bonds is 4. The summed E-state index contributed by atoms with van der Waals surface area (Å²) in [5, 5.41) is 1.07. The van der Waals surface area contributed by atoms with E-state index >= 15 is 0 Å². The molecule has 0 spiro atoms. The van der Waals surface area contributed by atoms with Crippen LogP contribution in [0, 0.1) is 6.92 Å². The highest BCUT2D eigenvalue weighted by Gasteiger charge is 2.24. The van der Waals surface area contributed by atoms with E-state index in [0.717, 1.165) is 16.6 Å². The number of nitrogens with zero attached hydrogens (tertiary/aromatic N) is 1. The SMILES string of the molecule is CCOC(=O)CCC1=Cc2cc3cc(C)ccc3n2C1=O. The molecule has 0 saturated carbocycles. The van der Waals surface area contributed by atoms with Gasteiger partial charge in [0.15, 0.2) is 0 Å². The molecule has 0 amide bonds. The molecule has 21 heavy (non-hydrogen) atoms. The van der Waals surface area contributed by atoms with Crippen LogP contribution in [0.25, 0.3) is 17.0 Å². The average Bonchev–Trinajstić information content (AvgIpc) is 2.93. The summed E-state index contributed by atoms with van der Waals surface area (Å²) >= 11 is 0. The minimum absolute atomic E-state index is 0.0341. The molecular weight excluding hydrogens is 266 g/mol. The summed E-state index contributed by atoms with van der Waals surface area (Å²) in [4.78, 5) is 23.9. The van der Waals surface area contributed by atoms with Crippen LogP contribution in [0.1, 0.15) is 35.8 Å². The van der Waals surface area contributed by atoms with Crippen molar-refractivity contribution in [2.75, 3.05) is 6.61 Å². The van der Waals surface area contributed by atoms with Crippen LogP contribution in [0.15, 0.2) is 29.8 Å². The van der Waals surface area contributed by atoms with Crippen molar-refractivity contribution in [3.63, 3.8) is 0 Å². The first kappa shape index (κ1) is 13.6. The van der Waals surface area contributed by atoms with Crippen LogP contribution in [0.2, 0.25) is 0 Å². The van der Waals surface area contributed by atoms with E-state index in [-0.39, 0.29) is 18.3 Å². The fraction of sp³-hybridized carbons (Fsp3) is 0.294. The summed E-state index contributed by atoms with van der Waals surface area (Å²) in [6.45, 7) is 4.18. The number of fused-ring (bicyclic) bond motifs is 3. The second-order valence-electron chi connectivity index (χ2n) is 5.25. The zero-order valence-corrected chi connectivity index (χ0v) is 12.2. The zero-order valence-electron chi connectivity index (χ0n) is 12.2. The average molecular weight is 283 g/mol. The first-order chi connectivity index (χ1) is 10.1. The van der Waals surface area contributed by atoms with Crippen molar-refractivity contribution in [1.82, 2.24) is 4.57 Å². The van der Waals surface area contributed by atoms with Crippen molar-refractivity contribution in [3.05, 3.63) is 41.1 Å². The number of aromatic nitrogens is 1. The van der Waals surface area contributed by atoms with Crippen molar-refractivity contribution in [3.8, 4) is 0 Å². The summed E-state index contributed by atoms with van der Waals surface area (Å²) in [5.41, 5.74) is 3.65. The second-order valence-corrected chi connectivity index (χ2v) is 5.25. The first-order valence-electron chi connectivity index (χ1n) is 7.13. The van der Waals surface area contributed by atoms with Crippen LogP contribution >= 0.6 is 0 Å². The van der Waals surface area contributed by atoms with E-state index in [4.69, 9.17) is 4.74 Å². The van der Waals surface area contributed by atoms with Crippen LogP contribution in [0.4, 0.5) is 0 Å². The van der Waals surface area contributed by atoms with Gasteiger partial charge >= 0.3 is 5.97 Å². The van der Waals surface area contributed by atoms with Gasteiger partial charge in [0.1, 0.15) is 0 Å². The highest BCUT2D eigenvalue weighted by Crippen LogP contribution is 2.30. The maximum Gasteiger partial charge on any atom is 0.306 e. The van der Waals surface area contributed by atoms with Crippen molar-refractivity contribution in [1.29, 1.82) is 0 Å². The maximum atomic E-state index is 12.5. The third-order valence-corrected chi connectivity index (χ3v) is 3.69. The number of ether oxygens (including phenoxy) is 1. The van der Waals surface area contributed by atoms with Crippen LogP contribution in [-0.2, 0) is 9.53 Å². The Bertz CT molecular complexity index is 768. The monoisotopic (exact) mass is 283 g/mol. The third-order valence-electron chi connectivity index (χ3n) is 3.69. The molecular formula is C17H17NO3. The number of hydrogen-bond donors (Lipinski definition) is 0. The number of carbonyl (C=O) groups excluding carboxylic acids is 2. The highest BCUT2D eigenvalue weighted by atomic mass is 16.5. The number of hydrogen-bond acceptors (Lipinski definition) is 3. The Morgan fingerprint density at radius 1 is 1.29 bits per heavy atom. The molecule has 108 valence electrons. The number of carbonyl (C=O) groups is 2. The number of allylic oxidation sites excluding steroid dienone is 1. The van der Waals surface area contributed by atoms with E-state index in [1.807, 2.05) is 31.2 Å². The minimum atomic E-state index is -0.261. The first-order valence-corrected chi connectivity index (χ1v) is 7.13. The van der Waals surface area contributed by atoms with E-state index in [9.17, 15) is 9.59 Å². The molecule has 2 aromatic rings. The van der Waals surface area contributed by atoms with Crippen molar-refractivity contribution in [2.45, 2.75) is 26.7 Å². The molecule has 0 unspecified atom stereocenters. The molecule has 4 nitrogen and oxygen atoms in total.